The van der Waals surface area contributed by atoms with Crippen LogP contribution < -0.4 is 15.4 Å². The number of nitro benzene ring substituents is 1. The molecular weight excluding hydrogens is 438 g/mol. The molecule has 0 spiro atoms. The Hall–Kier alpha value is -3.60. The number of hydrogen-bond acceptors (Lipinski definition) is 8. The first kappa shape index (κ1) is 24.7. The summed E-state index contributed by atoms with van der Waals surface area (Å²) in [6, 6.07) is 10.9. The second-order valence-corrected chi connectivity index (χ2v) is 7.46. The summed E-state index contributed by atoms with van der Waals surface area (Å²) in [6.45, 7) is -0.556. The van der Waals surface area contributed by atoms with E-state index in [0.717, 1.165) is 6.07 Å². The van der Waals surface area contributed by atoms with Crippen molar-refractivity contribution in [1.29, 1.82) is 0 Å². The standard InChI is InChI=1S/C21H23N3O7S/c1-30-18-9-4-3-8-16(18)22-19(25)13-31-21(27)17(10-11-32-2)23-20(26)14-6-5-7-15(12-14)24(28)29/h3-9,12,17H,10-11,13H2,1-2H3,(H,22,25)(H,23,26). The van der Waals surface area contributed by atoms with E-state index < -0.39 is 35.4 Å². The van der Waals surface area contributed by atoms with E-state index in [1.165, 1.54) is 37.1 Å². The molecule has 0 fully saturated rings. The number of nitro groups is 1. The van der Waals surface area contributed by atoms with Crippen molar-refractivity contribution in [2.75, 3.05) is 31.0 Å². The van der Waals surface area contributed by atoms with E-state index in [-0.39, 0.29) is 17.7 Å². The highest BCUT2D eigenvalue weighted by Gasteiger charge is 2.24. The predicted molar refractivity (Wildman–Crippen MR) is 120 cm³/mol. The number of carbonyl (C=O) groups is 3. The van der Waals surface area contributed by atoms with Crippen LogP contribution in [0, 0.1) is 10.1 Å². The lowest BCUT2D eigenvalue weighted by molar-refractivity contribution is -0.384. The highest BCUT2D eigenvalue weighted by Crippen LogP contribution is 2.22. The topological polar surface area (TPSA) is 137 Å². The van der Waals surface area contributed by atoms with Gasteiger partial charge in [-0.2, -0.15) is 11.8 Å². The minimum atomic E-state index is -1.02. The van der Waals surface area contributed by atoms with Gasteiger partial charge in [0.1, 0.15) is 11.8 Å². The number of para-hydroxylation sites is 2. The molecule has 0 aliphatic carbocycles. The van der Waals surface area contributed by atoms with Crippen molar-refractivity contribution < 1.29 is 28.8 Å². The summed E-state index contributed by atoms with van der Waals surface area (Å²) >= 11 is 1.47. The van der Waals surface area contributed by atoms with Crippen LogP contribution in [-0.2, 0) is 14.3 Å². The summed E-state index contributed by atoms with van der Waals surface area (Å²) in [6.07, 6.45) is 2.10. The molecule has 0 aliphatic rings. The number of ether oxygens (including phenoxy) is 2. The van der Waals surface area contributed by atoms with Crippen molar-refractivity contribution >= 4 is 40.9 Å². The fourth-order valence-electron chi connectivity index (χ4n) is 2.66. The molecule has 0 aliphatic heterocycles. The number of thioether (sulfide) groups is 1. The van der Waals surface area contributed by atoms with Crippen LogP contribution in [0.1, 0.15) is 16.8 Å². The SMILES string of the molecule is COc1ccccc1NC(=O)COC(=O)C(CCSC)NC(=O)c1cccc([N+](=O)[O-])c1. The minimum absolute atomic E-state index is 0.0371. The summed E-state index contributed by atoms with van der Waals surface area (Å²) in [4.78, 5) is 47.5. The van der Waals surface area contributed by atoms with Crippen LogP contribution in [0.5, 0.6) is 5.75 Å². The van der Waals surface area contributed by atoms with E-state index in [2.05, 4.69) is 10.6 Å². The summed E-state index contributed by atoms with van der Waals surface area (Å²) in [5.41, 5.74) is 0.220. The molecule has 1 atom stereocenters. The average Bonchev–Trinajstić information content (AvgIpc) is 2.80. The monoisotopic (exact) mass is 461 g/mol. The molecule has 0 radical (unpaired) electrons. The number of nitrogens with one attached hydrogen (secondary N) is 2. The molecule has 0 bridgehead atoms. The van der Waals surface area contributed by atoms with E-state index >= 15 is 0 Å². The van der Waals surface area contributed by atoms with Gasteiger partial charge in [0.05, 0.1) is 17.7 Å². The van der Waals surface area contributed by atoms with E-state index in [4.69, 9.17) is 9.47 Å². The van der Waals surface area contributed by atoms with E-state index in [0.29, 0.717) is 17.2 Å². The zero-order chi connectivity index (χ0) is 23.5. The zero-order valence-electron chi connectivity index (χ0n) is 17.5. The summed E-state index contributed by atoms with van der Waals surface area (Å²) in [5, 5.41) is 16.0. The van der Waals surface area contributed by atoms with Crippen LogP contribution >= 0.6 is 11.8 Å². The van der Waals surface area contributed by atoms with E-state index in [1.807, 2.05) is 6.26 Å². The van der Waals surface area contributed by atoms with E-state index in [1.54, 1.807) is 24.3 Å². The molecule has 2 rings (SSSR count). The Labute approximate surface area is 188 Å². The highest BCUT2D eigenvalue weighted by molar-refractivity contribution is 7.98. The Morgan fingerprint density at radius 2 is 1.91 bits per heavy atom. The molecule has 0 saturated heterocycles. The average molecular weight is 461 g/mol. The molecule has 2 amide bonds. The third-order valence-corrected chi connectivity index (χ3v) is 4.89. The zero-order valence-corrected chi connectivity index (χ0v) is 18.3. The number of amides is 2. The van der Waals surface area contributed by atoms with Crippen molar-refractivity contribution in [3.05, 3.63) is 64.2 Å². The van der Waals surface area contributed by atoms with Crippen LogP contribution in [0.2, 0.25) is 0 Å². The second-order valence-electron chi connectivity index (χ2n) is 6.47. The second kappa shape index (κ2) is 12.3. The largest absolute Gasteiger partial charge is 0.495 e. The third kappa shape index (κ3) is 7.27. The fraction of sp³-hybridized carbons (Fsp3) is 0.286. The van der Waals surface area contributed by atoms with Crippen molar-refractivity contribution in [3.63, 3.8) is 0 Å². The lowest BCUT2D eigenvalue weighted by Crippen LogP contribution is -2.43. The first-order valence-electron chi connectivity index (χ1n) is 9.49. The first-order valence-corrected chi connectivity index (χ1v) is 10.9. The number of carbonyl (C=O) groups excluding carboxylic acids is 3. The Bertz CT molecular complexity index is 983. The van der Waals surface area contributed by atoms with E-state index in [9.17, 15) is 24.5 Å². The maximum Gasteiger partial charge on any atom is 0.329 e. The molecule has 170 valence electrons. The van der Waals surface area contributed by atoms with Gasteiger partial charge >= 0.3 is 5.97 Å². The Morgan fingerprint density at radius 1 is 1.16 bits per heavy atom. The van der Waals surface area contributed by atoms with Crippen LogP contribution in [-0.4, -0.2) is 54.5 Å². The number of esters is 1. The maximum absolute atomic E-state index is 12.5. The van der Waals surface area contributed by atoms with Gasteiger partial charge in [-0.15, -0.1) is 0 Å². The van der Waals surface area contributed by atoms with Gasteiger partial charge in [-0.05, 0) is 36.6 Å². The van der Waals surface area contributed by atoms with Crippen molar-refractivity contribution in [2.45, 2.75) is 12.5 Å². The van der Waals surface area contributed by atoms with Crippen molar-refractivity contribution in [3.8, 4) is 5.75 Å². The molecular formula is C21H23N3O7S. The van der Waals surface area contributed by atoms with Gasteiger partial charge < -0.3 is 20.1 Å². The molecule has 0 heterocycles. The predicted octanol–water partition coefficient (Wildman–Crippen LogP) is 2.64. The Kier molecular flexibility index (Phi) is 9.48. The van der Waals surface area contributed by atoms with Gasteiger partial charge in [-0.3, -0.25) is 19.7 Å². The van der Waals surface area contributed by atoms with Crippen LogP contribution in [0.25, 0.3) is 0 Å². The quantitative estimate of drug-likeness (QED) is 0.296. The number of non-ortho nitro benzene ring substituents is 1. The maximum atomic E-state index is 12.5. The lowest BCUT2D eigenvalue weighted by Gasteiger charge is -2.17. The number of hydrogen-bond donors (Lipinski definition) is 2. The van der Waals surface area contributed by atoms with Gasteiger partial charge in [-0.25, -0.2) is 4.79 Å². The van der Waals surface area contributed by atoms with Crippen molar-refractivity contribution in [2.24, 2.45) is 0 Å². The van der Waals surface area contributed by atoms with Gasteiger partial charge in [0, 0.05) is 17.7 Å². The molecule has 11 heteroatoms. The highest BCUT2D eigenvalue weighted by atomic mass is 32.2. The van der Waals surface area contributed by atoms with Crippen molar-refractivity contribution in [1.82, 2.24) is 5.32 Å². The molecule has 2 N–H and O–H groups in total. The molecule has 2 aromatic rings. The smallest absolute Gasteiger partial charge is 0.329 e. The number of benzene rings is 2. The fourth-order valence-corrected chi connectivity index (χ4v) is 3.13. The van der Waals surface area contributed by atoms with Crippen LogP contribution in [0.3, 0.4) is 0 Å². The van der Waals surface area contributed by atoms with Gasteiger partial charge in [-0.1, -0.05) is 18.2 Å². The number of methoxy groups -OCH3 is 1. The third-order valence-electron chi connectivity index (χ3n) is 4.25. The normalized spacial score (nSPS) is 11.2. The summed E-state index contributed by atoms with van der Waals surface area (Å²) in [7, 11) is 1.46. The molecule has 2 aromatic carbocycles. The Balaban J connectivity index is 1.99. The van der Waals surface area contributed by atoms with Gasteiger partial charge in [0.2, 0.25) is 0 Å². The van der Waals surface area contributed by atoms with Crippen LogP contribution in [0.15, 0.2) is 48.5 Å². The number of anilines is 1. The number of nitrogens with zero attached hydrogens (tertiary/aromatic N) is 1. The molecule has 32 heavy (non-hydrogen) atoms. The Morgan fingerprint density at radius 3 is 2.59 bits per heavy atom. The minimum Gasteiger partial charge on any atom is -0.495 e. The molecule has 1 unspecified atom stereocenters. The van der Waals surface area contributed by atoms with Crippen LogP contribution in [0.4, 0.5) is 11.4 Å². The summed E-state index contributed by atoms with van der Waals surface area (Å²) in [5.74, 6) is -1.02. The molecule has 0 aromatic heterocycles. The first-order chi connectivity index (χ1) is 15.3. The lowest BCUT2D eigenvalue weighted by atomic mass is 10.1. The summed E-state index contributed by atoms with van der Waals surface area (Å²) < 4.78 is 10.2. The number of rotatable bonds is 11. The molecule has 0 saturated carbocycles. The van der Waals surface area contributed by atoms with Gasteiger partial charge in [0.15, 0.2) is 6.61 Å². The van der Waals surface area contributed by atoms with Gasteiger partial charge in [0.25, 0.3) is 17.5 Å². The molecule has 10 nitrogen and oxygen atoms in total.